The van der Waals surface area contributed by atoms with Crippen molar-refractivity contribution in [2.24, 2.45) is 4.99 Å². The monoisotopic (exact) mass is 432 g/mol. The third-order valence-electron chi connectivity index (χ3n) is 4.81. The highest BCUT2D eigenvalue weighted by Crippen LogP contribution is 2.17. The quantitative estimate of drug-likeness (QED) is 0.308. The molecule has 0 saturated carbocycles. The van der Waals surface area contributed by atoms with E-state index >= 15 is 0 Å². The third kappa shape index (κ3) is 6.86. The fourth-order valence-electron chi connectivity index (χ4n) is 3.09. The second-order valence-electron chi connectivity index (χ2n) is 7.39. The van der Waals surface area contributed by atoms with Gasteiger partial charge in [-0.3, -0.25) is 10.3 Å². The Balaban J connectivity index is 1.74. The minimum Gasteiger partial charge on any atom is -0.332 e. The van der Waals surface area contributed by atoms with Gasteiger partial charge in [0.05, 0.1) is 0 Å². The van der Waals surface area contributed by atoms with Crippen LogP contribution >= 0.6 is 12.2 Å². The molecule has 1 heterocycles. The highest BCUT2D eigenvalue weighted by atomic mass is 32.1. The van der Waals surface area contributed by atoms with Crippen LogP contribution in [0.2, 0.25) is 0 Å². The molecule has 0 aliphatic carbocycles. The van der Waals surface area contributed by atoms with Gasteiger partial charge in [0.15, 0.2) is 5.11 Å². The number of nitrogens with one attached hydrogen (secondary N) is 3. The molecule has 6 nitrogen and oxygen atoms in total. The summed E-state index contributed by atoms with van der Waals surface area (Å²) in [6.45, 7) is 8.61. The number of anilines is 2. The number of aryl methyl sites for hydroxylation is 3. The number of guanidine groups is 1. The summed E-state index contributed by atoms with van der Waals surface area (Å²) in [5, 5.41) is 10.0. The topological polar surface area (TPSA) is 74.2 Å². The number of hydrogen-bond acceptors (Lipinski definition) is 4. The zero-order valence-electron chi connectivity index (χ0n) is 18.4. The molecule has 3 aromatic rings. The van der Waals surface area contributed by atoms with E-state index in [1.165, 1.54) is 11.1 Å². The molecule has 31 heavy (non-hydrogen) atoms. The average Bonchev–Trinajstić information content (AvgIpc) is 2.71. The fourth-order valence-corrected chi connectivity index (χ4v) is 3.29. The molecule has 2 aromatic carbocycles. The second-order valence-corrected chi connectivity index (χ2v) is 7.80. The van der Waals surface area contributed by atoms with E-state index in [9.17, 15) is 0 Å². The summed E-state index contributed by atoms with van der Waals surface area (Å²) in [5.41, 5.74) is 6.31. The van der Waals surface area contributed by atoms with Crippen LogP contribution in [0, 0.1) is 27.7 Å². The fraction of sp³-hybridized carbons (Fsp3) is 0.250. The summed E-state index contributed by atoms with van der Waals surface area (Å²) in [4.78, 5) is 13.6. The summed E-state index contributed by atoms with van der Waals surface area (Å²) in [6.07, 6.45) is 0.818. The van der Waals surface area contributed by atoms with Crippen molar-refractivity contribution in [3.8, 4) is 0 Å². The van der Waals surface area contributed by atoms with Crippen LogP contribution < -0.4 is 16.0 Å². The molecule has 0 amide bonds. The molecule has 0 atom stereocenters. The minimum absolute atomic E-state index is 0.448. The van der Waals surface area contributed by atoms with Gasteiger partial charge in [-0.1, -0.05) is 42.5 Å². The Morgan fingerprint density at radius 3 is 2.32 bits per heavy atom. The molecular formula is C24H28N6S. The Morgan fingerprint density at radius 1 is 0.903 bits per heavy atom. The van der Waals surface area contributed by atoms with Crippen molar-refractivity contribution < 1.29 is 0 Å². The lowest BCUT2D eigenvalue weighted by Crippen LogP contribution is -2.39. The lowest BCUT2D eigenvalue weighted by Gasteiger charge is -2.16. The van der Waals surface area contributed by atoms with Crippen molar-refractivity contribution in [1.29, 1.82) is 0 Å². The Kier molecular flexibility index (Phi) is 7.67. The van der Waals surface area contributed by atoms with Crippen LogP contribution in [0.15, 0.2) is 59.6 Å². The van der Waals surface area contributed by atoms with Gasteiger partial charge in [0.2, 0.25) is 11.9 Å². The van der Waals surface area contributed by atoms with Crippen molar-refractivity contribution in [2.75, 3.05) is 17.2 Å². The van der Waals surface area contributed by atoms with Gasteiger partial charge in [-0.2, -0.15) is 0 Å². The van der Waals surface area contributed by atoms with E-state index in [2.05, 4.69) is 63.0 Å². The van der Waals surface area contributed by atoms with E-state index in [0.29, 0.717) is 23.6 Å². The molecule has 0 spiro atoms. The molecule has 3 rings (SSSR count). The molecule has 3 N–H and O–H groups in total. The van der Waals surface area contributed by atoms with Crippen molar-refractivity contribution >= 4 is 34.9 Å². The van der Waals surface area contributed by atoms with Crippen LogP contribution in [0.1, 0.15) is 28.1 Å². The first-order valence-electron chi connectivity index (χ1n) is 10.2. The van der Waals surface area contributed by atoms with E-state index in [1.54, 1.807) is 0 Å². The lowest BCUT2D eigenvalue weighted by atomic mass is 10.1. The van der Waals surface area contributed by atoms with E-state index < -0.39 is 0 Å². The molecular weight excluding hydrogens is 404 g/mol. The molecule has 0 aliphatic heterocycles. The Morgan fingerprint density at radius 2 is 1.61 bits per heavy atom. The number of rotatable bonds is 5. The van der Waals surface area contributed by atoms with Crippen molar-refractivity contribution in [1.82, 2.24) is 15.3 Å². The molecule has 1 aromatic heterocycles. The average molecular weight is 433 g/mol. The van der Waals surface area contributed by atoms with Gasteiger partial charge in [-0.25, -0.2) is 9.97 Å². The van der Waals surface area contributed by atoms with E-state index in [1.807, 2.05) is 50.2 Å². The van der Waals surface area contributed by atoms with Crippen molar-refractivity contribution in [3.05, 3.63) is 82.7 Å². The van der Waals surface area contributed by atoms with E-state index in [0.717, 1.165) is 29.1 Å². The maximum absolute atomic E-state index is 5.54. The highest BCUT2D eigenvalue weighted by molar-refractivity contribution is 7.80. The Labute approximate surface area is 189 Å². The number of aliphatic imine (C=N–C) groups is 1. The molecule has 7 heteroatoms. The van der Waals surface area contributed by atoms with Gasteiger partial charge >= 0.3 is 0 Å². The smallest absolute Gasteiger partial charge is 0.229 e. The summed E-state index contributed by atoms with van der Waals surface area (Å²) in [7, 11) is 0. The SMILES string of the molecule is Cc1cc(C)nc(NC(=NCCc2ccccc2)NC(=S)Nc2cccc(C)c2C)n1. The van der Waals surface area contributed by atoms with Crippen LogP contribution in [0.3, 0.4) is 0 Å². The summed E-state index contributed by atoms with van der Waals surface area (Å²) in [6, 6.07) is 18.3. The molecule has 0 saturated heterocycles. The van der Waals surface area contributed by atoms with Crippen LogP contribution in [-0.2, 0) is 6.42 Å². The van der Waals surface area contributed by atoms with Crippen molar-refractivity contribution in [2.45, 2.75) is 34.1 Å². The van der Waals surface area contributed by atoms with Gasteiger partial charge in [-0.05, 0) is 75.2 Å². The zero-order valence-corrected chi connectivity index (χ0v) is 19.2. The molecule has 160 valence electrons. The van der Waals surface area contributed by atoms with Crippen LogP contribution in [0.4, 0.5) is 11.6 Å². The zero-order chi connectivity index (χ0) is 22.2. The van der Waals surface area contributed by atoms with Crippen molar-refractivity contribution in [3.63, 3.8) is 0 Å². The summed E-state index contributed by atoms with van der Waals surface area (Å²) >= 11 is 5.54. The third-order valence-corrected chi connectivity index (χ3v) is 5.01. The normalized spacial score (nSPS) is 11.2. The second kappa shape index (κ2) is 10.6. The number of aromatic nitrogens is 2. The Hall–Kier alpha value is -3.32. The first-order valence-corrected chi connectivity index (χ1v) is 10.6. The highest BCUT2D eigenvalue weighted by Gasteiger charge is 2.09. The minimum atomic E-state index is 0.448. The first kappa shape index (κ1) is 22.4. The maximum atomic E-state index is 5.54. The van der Waals surface area contributed by atoms with Gasteiger partial charge in [0.1, 0.15) is 0 Å². The first-order chi connectivity index (χ1) is 14.9. The summed E-state index contributed by atoms with van der Waals surface area (Å²) < 4.78 is 0. The summed E-state index contributed by atoms with van der Waals surface area (Å²) in [5.74, 6) is 0.988. The predicted octanol–water partition coefficient (Wildman–Crippen LogP) is 4.71. The Bertz CT molecular complexity index is 1060. The number of benzene rings is 2. The molecule has 0 fully saturated rings. The van der Waals surface area contributed by atoms with E-state index in [4.69, 9.17) is 12.2 Å². The van der Waals surface area contributed by atoms with Gasteiger partial charge in [0.25, 0.3) is 0 Å². The van der Waals surface area contributed by atoms with Gasteiger partial charge < -0.3 is 10.6 Å². The molecule has 0 aliphatic rings. The van der Waals surface area contributed by atoms with Crippen LogP contribution in [-0.4, -0.2) is 27.6 Å². The molecule has 0 unspecified atom stereocenters. The standard InChI is InChI=1S/C24H28N6S/c1-16-9-8-12-21(19(16)4)28-24(31)30-22(25-14-13-20-10-6-5-7-11-20)29-23-26-17(2)15-18(3)27-23/h5-12,15H,13-14H2,1-4H3,(H3,25,26,27,28,29,30,31). The molecule has 0 radical (unpaired) electrons. The molecule has 0 bridgehead atoms. The van der Waals surface area contributed by atoms with Crippen LogP contribution in [0.5, 0.6) is 0 Å². The maximum Gasteiger partial charge on any atom is 0.229 e. The number of hydrogen-bond donors (Lipinski definition) is 3. The predicted molar refractivity (Wildman–Crippen MR) is 133 cm³/mol. The van der Waals surface area contributed by atoms with Gasteiger partial charge in [-0.15, -0.1) is 0 Å². The number of nitrogens with zero attached hydrogens (tertiary/aromatic N) is 3. The van der Waals surface area contributed by atoms with Gasteiger partial charge in [0, 0.05) is 23.6 Å². The van der Waals surface area contributed by atoms with Crippen LogP contribution in [0.25, 0.3) is 0 Å². The largest absolute Gasteiger partial charge is 0.332 e. The number of thiocarbonyl (C=S) groups is 1. The lowest BCUT2D eigenvalue weighted by molar-refractivity contribution is 0.956. The van der Waals surface area contributed by atoms with E-state index in [-0.39, 0.29) is 0 Å².